The Hall–Kier alpha value is -1.64. The second-order valence-electron chi connectivity index (χ2n) is 6.36. The highest BCUT2D eigenvalue weighted by Gasteiger charge is 2.43. The lowest BCUT2D eigenvalue weighted by atomic mass is 9.75. The number of hydrogen-bond donors (Lipinski definition) is 0. The van der Waals surface area contributed by atoms with Crippen molar-refractivity contribution in [3.63, 3.8) is 0 Å². The lowest BCUT2D eigenvalue weighted by Gasteiger charge is -2.46. The highest BCUT2D eigenvalue weighted by molar-refractivity contribution is 5.85. The third-order valence-corrected chi connectivity index (χ3v) is 5.00. The SMILES string of the molecule is CC1C(=O)C(C)C(c2ccccc2)N(C)C1c1ccccc1.Cl. The van der Waals surface area contributed by atoms with Gasteiger partial charge in [0.2, 0.25) is 0 Å². The van der Waals surface area contributed by atoms with Gasteiger partial charge in [-0.15, -0.1) is 12.4 Å². The van der Waals surface area contributed by atoms with E-state index >= 15 is 0 Å². The van der Waals surface area contributed by atoms with Gasteiger partial charge in [0.15, 0.2) is 0 Å². The highest BCUT2D eigenvalue weighted by Crippen LogP contribution is 2.44. The summed E-state index contributed by atoms with van der Waals surface area (Å²) in [4.78, 5) is 15.2. The van der Waals surface area contributed by atoms with Crippen LogP contribution in [0, 0.1) is 11.8 Å². The van der Waals surface area contributed by atoms with Crippen LogP contribution >= 0.6 is 12.4 Å². The first-order chi connectivity index (χ1) is 10.6. The molecule has 23 heavy (non-hydrogen) atoms. The Labute approximate surface area is 144 Å². The molecule has 4 atom stereocenters. The number of nitrogens with zero attached hydrogens (tertiary/aromatic N) is 1. The lowest BCUT2D eigenvalue weighted by molar-refractivity contribution is -0.136. The molecular formula is C20H24ClNO. The van der Waals surface area contributed by atoms with Crippen LogP contribution in [-0.4, -0.2) is 17.7 Å². The molecule has 0 radical (unpaired) electrons. The van der Waals surface area contributed by atoms with Crippen LogP contribution in [-0.2, 0) is 4.79 Å². The van der Waals surface area contributed by atoms with Gasteiger partial charge in [-0.3, -0.25) is 9.69 Å². The Kier molecular flexibility index (Phi) is 5.61. The van der Waals surface area contributed by atoms with Gasteiger partial charge in [-0.05, 0) is 18.2 Å². The van der Waals surface area contributed by atoms with Crippen LogP contribution < -0.4 is 0 Å². The van der Waals surface area contributed by atoms with Crippen LogP contribution in [0.4, 0.5) is 0 Å². The maximum Gasteiger partial charge on any atom is 0.142 e. The third kappa shape index (κ3) is 3.19. The van der Waals surface area contributed by atoms with E-state index in [9.17, 15) is 4.79 Å². The number of Topliss-reactive ketones (excluding diaryl/α,β-unsaturated/α-hetero) is 1. The molecule has 2 nitrogen and oxygen atoms in total. The van der Waals surface area contributed by atoms with Gasteiger partial charge in [-0.2, -0.15) is 0 Å². The van der Waals surface area contributed by atoms with Gasteiger partial charge in [-0.1, -0.05) is 74.5 Å². The molecule has 0 spiro atoms. The summed E-state index contributed by atoms with van der Waals surface area (Å²) in [5.74, 6) is 0.394. The number of halogens is 1. The van der Waals surface area contributed by atoms with Crippen LogP contribution in [0.1, 0.15) is 37.1 Å². The average molecular weight is 330 g/mol. The van der Waals surface area contributed by atoms with Crippen molar-refractivity contribution in [2.45, 2.75) is 25.9 Å². The van der Waals surface area contributed by atoms with Gasteiger partial charge in [0.25, 0.3) is 0 Å². The van der Waals surface area contributed by atoms with E-state index in [-0.39, 0.29) is 36.3 Å². The van der Waals surface area contributed by atoms with Crippen molar-refractivity contribution < 1.29 is 4.79 Å². The number of hydrogen-bond acceptors (Lipinski definition) is 2. The Balaban J connectivity index is 0.00000192. The lowest BCUT2D eigenvalue weighted by Crippen LogP contribution is -2.47. The molecule has 1 aliphatic rings. The van der Waals surface area contributed by atoms with E-state index in [4.69, 9.17) is 0 Å². The molecule has 0 amide bonds. The van der Waals surface area contributed by atoms with E-state index in [1.165, 1.54) is 11.1 Å². The molecule has 1 saturated heterocycles. The molecule has 4 unspecified atom stereocenters. The van der Waals surface area contributed by atoms with Crippen LogP contribution in [0.15, 0.2) is 60.7 Å². The van der Waals surface area contributed by atoms with Gasteiger partial charge in [0, 0.05) is 23.9 Å². The van der Waals surface area contributed by atoms with Crippen LogP contribution in [0.2, 0.25) is 0 Å². The van der Waals surface area contributed by atoms with E-state index in [1.54, 1.807) is 0 Å². The number of carbonyl (C=O) groups is 1. The minimum atomic E-state index is 0. The van der Waals surface area contributed by atoms with Gasteiger partial charge in [0.1, 0.15) is 5.78 Å². The van der Waals surface area contributed by atoms with Crippen molar-refractivity contribution in [2.75, 3.05) is 7.05 Å². The fraction of sp³-hybridized carbons (Fsp3) is 0.350. The van der Waals surface area contributed by atoms with Gasteiger partial charge < -0.3 is 0 Å². The minimum Gasteiger partial charge on any atom is -0.299 e. The summed E-state index contributed by atoms with van der Waals surface area (Å²) in [6, 6.07) is 21.0. The molecule has 0 N–H and O–H groups in total. The second kappa shape index (κ2) is 7.29. The number of carbonyl (C=O) groups excluding carboxylic acids is 1. The van der Waals surface area contributed by atoms with E-state index in [2.05, 4.69) is 74.3 Å². The summed E-state index contributed by atoms with van der Waals surface area (Å²) in [5, 5.41) is 0. The van der Waals surface area contributed by atoms with Crippen molar-refractivity contribution in [1.82, 2.24) is 4.90 Å². The summed E-state index contributed by atoms with van der Waals surface area (Å²) >= 11 is 0. The molecule has 1 heterocycles. The summed E-state index contributed by atoms with van der Waals surface area (Å²) in [7, 11) is 2.15. The molecule has 0 aliphatic carbocycles. The number of ketones is 1. The van der Waals surface area contributed by atoms with E-state index in [0.29, 0.717) is 5.78 Å². The summed E-state index contributed by atoms with van der Waals surface area (Å²) in [6.07, 6.45) is 0. The first kappa shape index (κ1) is 17.7. The molecule has 122 valence electrons. The summed E-state index contributed by atoms with van der Waals surface area (Å²) in [5.41, 5.74) is 2.44. The molecule has 0 aromatic heterocycles. The fourth-order valence-electron chi connectivity index (χ4n) is 3.95. The topological polar surface area (TPSA) is 20.3 Å². The van der Waals surface area contributed by atoms with Crippen molar-refractivity contribution in [1.29, 1.82) is 0 Å². The maximum atomic E-state index is 12.8. The quantitative estimate of drug-likeness (QED) is 0.797. The number of rotatable bonds is 2. The molecule has 3 heteroatoms. The van der Waals surface area contributed by atoms with E-state index in [1.807, 2.05) is 12.1 Å². The van der Waals surface area contributed by atoms with Crippen LogP contribution in [0.25, 0.3) is 0 Å². The monoisotopic (exact) mass is 329 g/mol. The Bertz CT molecular complexity index is 588. The van der Waals surface area contributed by atoms with Gasteiger partial charge >= 0.3 is 0 Å². The largest absolute Gasteiger partial charge is 0.299 e. The van der Waals surface area contributed by atoms with Gasteiger partial charge in [0.05, 0.1) is 0 Å². The zero-order valence-electron chi connectivity index (χ0n) is 13.8. The Morgan fingerprint density at radius 3 is 1.43 bits per heavy atom. The van der Waals surface area contributed by atoms with Crippen molar-refractivity contribution >= 4 is 18.2 Å². The average Bonchev–Trinajstić information content (AvgIpc) is 2.55. The Morgan fingerprint density at radius 2 is 1.09 bits per heavy atom. The number of benzene rings is 2. The highest BCUT2D eigenvalue weighted by atomic mass is 35.5. The molecule has 2 aromatic carbocycles. The third-order valence-electron chi connectivity index (χ3n) is 5.00. The van der Waals surface area contributed by atoms with Crippen LogP contribution in [0.3, 0.4) is 0 Å². The molecule has 0 bridgehead atoms. The van der Waals surface area contributed by atoms with Crippen molar-refractivity contribution in [2.24, 2.45) is 11.8 Å². The normalized spacial score (nSPS) is 28.2. The zero-order valence-corrected chi connectivity index (χ0v) is 14.7. The molecule has 1 fully saturated rings. The number of piperidine rings is 1. The molecular weight excluding hydrogens is 306 g/mol. The fourth-order valence-corrected chi connectivity index (χ4v) is 3.95. The van der Waals surface area contributed by atoms with Gasteiger partial charge in [-0.25, -0.2) is 0 Å². The predicted octanol–water partition coefficient (Wildman–Crippen LogP) is 4.68. The minimum absolute atomic E-state index is 0. The predicted molar refractivity (Wildman–Crippen MR) is 96.7 cm³/mol. The molecule has 1 aliphatic heterocycles. The molecule has 3 rings (SSSR count). The summed E-state index contributed by atoms with van der Waals surface area (Å²) < 4.78 is 0. The van der Waals surface area contributed by atoms with E-state index in [0.717, 1.165) is 0 Å². The first-order valence-electron chi connectivity index (χ1n) is 7.97. The molecule has 0 saturated carbocycles. The molecule has 2 aromatic rings. The second-order valence-corrected chi connectivity index (χ2v) is 6.36. The van der Waals surface area contributed by atoms with Crippen molar-refractivity contribution in [3.8, 4) is 0 Å². The van der Waals surface area contributed by atoms with E-state index < -0.39 is 0 Å². The zero-order chi connectivity index (χ0) is 15.7. The van der Waals surface area contributed by atoms with Crippen LogP contribution in [0.5, 0.6) is 0 Å². The smallest absolute Gasteiger partial charge is 0.142 e. The standard InChI is InChI=1S/C20H23NO.ClH/c1-14-18(16-10-6-4-7-11-16)21(3)19(15(2)20(14)22)17-12-8-5-9-13-17;/h4-15,18-19H,1-3H3;1H. The first-order valence-corrected chi connectivity index (χ1v) is 7.97. The summed E-state index contributed by atoms with van der Waals surface area (Å²) in [6.45, 7) is 4.13. The maximum absolute atomic E-state index is 12.8. The number of likely N-dealkylation sites (tertiary alicyclic amines) is 1. The van der Waals surface area contributed by atoms with Crippen molar-refractivity contribution in [3.05, 3.63) is 71.8 Å². The Morgan fingerprint density at radius 1 is 0.739 bits per heavy atom.